The first-order valence-corrected chi connectivity index (χ1v) is 9.41. The van der Waals surface area contributed by atoms with Gasteiger partial charge < -0.3 is 16.0 Å². The zero-order chi connectivity index (χ0) is 17.6. The van der Waals surface area contributed by atoms with Crippen LogP contribution in [0.25, 0.3) is 0 Å². The third kappa shape index (κ3) is 4.27. The van der Waals surface area contributed by atoms with Crippen molar-refractivity contribution in [3.05, 3.63) is 58.3 Å². The van der Waals surface area contributed by atoms with Crippen molar-refractivity contribution in [1.29, 1.82) is 0 Å². The van der Waals surface area contributed by atoms with Crippen LogP contribution in [0.3, 0.4) is 0 Å². The minimum absolute atomic E-state index is 0.0726. The van der Waals surface area contributed by atoms with Crippen molar-refractivity contribution in [2.75, 3.05) is 26.2 Å². The van der Waals surface area contributed by atoms with Gasteiger partial charge in [-0.3, -0.25) is 9.59 Å². The number of benzene rings is 1. The van der Waals surface area contributed by atoms with Gasteiger partial charge in [0, 0.05) is 32.0 Å². The lowest BCUT2D eigenvalue weighted by Gasteiger charge is -2.17. The second-order valence-electron chi connectivity index (χ2n) is 6.29. The van der Waals surface area contributed by atoms with Crippen LogP contribution in [0.5, 0.6) is 0 Å². The van der Waals surface area contributed by atoms with Crippen molar-refractivity contribution in [2.45, 2.75) is 12.3 Å². The average Bonchev–Trinajstić information content (AvgIpc) is 3.32. The van der Waals surface area contributed by atoms with Crippen LogP contribution in [-0.4, -0.2) is 42.9 Å². The van der Waals surface area contributed by atoms with E-state index in [-0.39, 0.29) is 23.7 Å². The lowest BCUT2D eigenvalue weighted by molar-refractivity contribution is -0.130. The molecular weight excluding hydrogens is 334 g/mol. The zero-order valence-corrected chi connectivity index (χ0v) is 14.9. The lowest BCUT2D eigenvalue weighted by atomic mass is 9.89. The lowest BCUT2D eigenvalue weighted by Crippen LogP contribution is -2.33. The maximum atomic E-state index is 12.5. The first-order valence-electron chi connectivity index (χ1n) is 8.53. The monoisotopic (exact) mass is 357 g/mol. The van der Waals surface area contributed by atoms with Gasteiger partial charge in [0.1, 0.15) is 0 Å². The summed E-state index contributed by atoms with van der Waals surface area (Å²) >= 11 is 1.40. The molecule has 0 spiro atoms. The topological polar surface area (TPSA) is 75.4 Å². The predicted molar refractivity (Wildman–Crippen MR) is 99.6 cm³/mol. The van der Waals surface area contributed by atoms with Crippen molar-refractivity contribution in [3.8, 4) is 0 Å². The molecule has 1 fully saturated rings. The maximum Gasteiger partial charge on any atom is 0.261 e. The summed E-state index contributed by atoms with van der Waals surface area (Å²) in [5, 5.41) is 4.67. The molecule has 2 amide bonds. The average molecular weight is 357 g/mol. The quantitative estimate of drug-likeness (QED) is 0.831. The zero-order valence-electron chi connectivity index (χ0n) is 14.1. The van der Waals surface area contributed by atoms with Crippen molar-refractivity contribution < 1.29 is 9.59 Å². The normalized spacial score (nSPS) is 19.8. The molecule has 2 aromatic rings. The molecule has 25 heavy (non-hydrogen) atoms. The largest absolute Gasteiger partial charge is 0.351 e. The Morgan fingerprint density at radius 1 is 1.16 bits per heavy atom. The van der Waals surface area contributed by atoms with Crippen LogP contribution in [0.15, 0.2) is 47.8 Å². The van der Waals surface area contributed by atoms with Crippen LogP contribution in [0, 0.1) is 5.92 Å². The Kier molecular flexibility index (Phi) is 5.83. The molecule has 1 aromatic carbocycles. The van der Waals surface area contributed by atoms with E-state index in [9.17, 15) is 9.59 Å². The second kappa shape index (κ2) is 8.27. The highest BCUT2D eigenvalue weighted by Gasteiger charge is 2.34. The van der Waals surface area contributed by atoms with Crippen LogP contribution >= 0.6 is 11.3 Å². The number of hydrogen-bond donors (Lipinski definition) is 2. The fourth-order valence-electron chi connectivity index (χ4n) is 3.33. The van der Waals surface area contributed by atoms with Gasteiger partial charge in [0.25, 0.3) is 5.91 Å². The molecule has 1 aliphatic heterocycles. The SMILES string of the molecule is NC[C@@H]1CN(C(=O)CCNC(=O)c2cccs2)C[C@H]1c1ccccc1. The molecule has 1 aromatic heterocycles. The van der Waals surface area contributed by atoms with Gasteiger partial charge in [0.2, 0.25) is 5.91 Å². The number of amides is 2. The van der Waals surface area contributed by atoms with Gasteiger partial charge in [0.05, 0.1) is 4.88 Å². The Morgan fingerprint density at radius 3 is 2.64 bits per heavy atom. The number of nitrogens with two attached hydrogens (primary N) is 1. The number of nitrogens with one attached hydrogen (secondary N) is 1. The van der Waals surface area contributed by atoms with E-state index in [2.05, 4.69) is 17.4 Å². The first-order chi connectivity index (χ1) is 12.2. The molecule has 0 aliphatic carbocycles. The summed E-state index contributed by atoms with van der Waals surface area (Å²) in [5.41, 5.74) is 7.16. The van der Waals surface area contributed by atoms with E-state index in [1.807, 2.05) is 34.5 Å². The second-order valence-corrected chi connectivity index (χ2v) is 7.24. The highest BCUT2D eigenvalue weighted by molar-refractivity contribution is 7.12. The maximum absolute atomic E-state index is 12.5. The van der Waals surface area contributed by atoms with E-state index >= 15 is 0 Å². The fourth-order valence-corrected chi connectivity index (χ4v) is 3.97. The van der Waals surface area contributed by atoms with Crippen molar-refractivity contribution in [1.82, 2.24) is 10.2 Å². The first kappa shape index (κ1) is 17.6. The van der Waals surface area contributed by atoms with Crippen LogP contribution < -0.4 is 11.1 Å². The summed E-state index contributed by atoms with van der Waals surface area (Å²) in [7, 11) is 0. The molecule has 3 N–H and O–H groups in total. The van der Waals surface area contributed by atoms with Gasteiger partial charge >= 0.3 is 0 Å². The molecule has 2 atom stereocenters. The third-order valence-corrected chi connectivity index (χ3v) is 5.56. The number of hydrogen-bond acceptors (Lipinski definition) is 4. The molecule has 132 valence electrons. The van der Waals surface area contributed by atoms with E-state index in [1.165, 1.54) is 16.9 Å². The van der Waals surface area contributed by atoms with Crippen molar-refractivity contribution in [3.63, 3.8) is 0 Å². The van der Waals surface area contributed by atoms with Crippen molar-refractivity contribution in [2.24, 2.45) is 11.7 Å². The fraction of sp³-hybridized carbons (Fsp3) is 0.368. The Labute approximate surface area is 151 Å². The predicted octanol–water partition coefficient (Wildman–Crippen LogP) is 2.07. The molecule has 5 nitrogen and oxygen atoms in total. The molecule has 3 rings (SSSR count). The van der Waals surface area contributed by atoms with Crippen molar-refractivity contribution >= 4 is 23.2 Å². The molecule has 0 radical (unpaired) electrons. The van der Waals surface area contributed by atoms with Gasteiger partial charge in [-0.25, -0.2) is 0 Å². The van der Waals surface area contributed by atoms with E-state index in [1.54, 1.807) is 6.07 Å². The summed E-state index contributed by atoms with van der Waals surface area (Å²) in [5.74, 6) is 0.525. The van der Waals surface area contributed by atoms with Gasteiger partial charge in [-0.2, -0.15) is 0 Å². The van der Waals surface area contributed by atoms with Crippen LogP contribution in [-0.2, 0) is 4.79 Å². The standard InChI is InChI=1S/C19H23N3O2S/c20-11-15-12-22(13-16(15)14-5-2-1-3-6-14)18(23)8-9-21-19(24)17-7-4-10-25-17/h1-7,10,15-16H,8-9,11-13,20H2,(H,21,24)/t15-,16+/m1/s1. The number of nitrogens with zero attached hydrogens (tertiary/aromatic N) is 1. The van der Waals surface area contributed by atoms with Gasteiger partial charge in [-0.15, -0.1) is 11.3 Å². The van der Waals surface area contributed by atoms with E-state index in [4.69, 9.17) is 5.73 Å². The molecule has 1 saturated heterocycles. The Balaban J connectivity index is 1.52. The van der Waals surface area contributed by atoms with E-state index < -0.39 is 0 Å². The minimum Gasteiger partial charge on any atom is -0.351 e. The number of rotatable bonds is 6. The van der Waals surface area contributed by atoms with Gasteiger partial charge in [0.15, 0.2) is 0 Å². The number of thiophene rings is 1. The Hall–Kier alpha value is -2.18. The van der Waals surface area contributed by atoms with E-state index in [0.717, 1.165) is 0 Å². The number of likely N-dealkylation sites (tertiary alicyclic amines) is 1. The van der Waals surface area contributed by atoms with Crippen LogP contribution in [0.2, 0.25) is 0 Å². The summed E-state index contributed by atoms with van der Waals surface area (Å²) in [6, 6.07) is 13.9. The van der Waals surface area contributed by atoms with Crippen LogP contribution in [0.4, 0.5) is 0 Å². The molecule has 1 aliphatic rings. The summed E-state index contributed by atoms with van der Waals surface area (Å²) in [4.78, 5) is 26.9. The minimum atomic E-state index is -0.119. The molecule has 6 heteroatoms. The molecular formula is C19H23N3O2S. The molecule has 0 bridgehead atoms. The van der Waals surface area contributed by atoms with Gasteiger partial charge in [-0.05, 0) is 29.5 Å². The Bertz CT molecular complexity index is 703. The molecule has 0 unspecified atom stereocenters. The van der Waals surface area contributed by atoms with Crippen LogP contribution in [0.1, 0.15) is 27.6 Å². The summed E-state index contributed by atoms with van der Waals surface area (Å²) in [6.07, 6.45) is 0.315. The highest BCUT2D eigenvalue weighted by atomic mass is 32.1. The highest BCUT2D eigenvalue weighted by Crippen LogP contribution is 2.32. The number of carbonyl (C=O) groups excluding carboxylic acids is 2. The van der Waals surface area contributed by atoms with Gasteiger partial charge in [-0.1, -0.05) is 36.4 Å². The van der Waals surface area contributed by atoms with E-state index in [0.29, 0.717) is 37.5 Å². The summed E-state index contributed by atoms with van der Waals surface area (Å²) < 4.78 is 0. The Morgan fingerprint density at radius 2 is 1.96 bits per heavy atom. The third-order valence-electron chi connectivity index (χ3n) is 4.69. The molecule has 0 saturated carbocycles. The smallest absolute Gasteiger partial charge is 0.261 e. The molecule has 2 heterocycles. The summed E-state index contributed by atoms with van der Waals surface area (Å²) in [6.45, 7) is 2.31. The number of carbonyl (C=O) groups is 2.